The number of hydrogen-bond donors (Lipinski definition) is 1. The lowest BCUT2D eigenvalue weighted by atomic mass is 9.93. The second-order valence-corrected chi connectivity index (χ2v) is 6.47. The van der Waals surface area contributed by atoms with Gasteiger partial charge in [-0.05, 0) is 43.5 Å². The van der Waals surface area contributed by atoms with Crippen molar-refractivity contribution in [2.45, 2.75) is 34.1 Å². The van der Waals surface area contributed by atoms with Gasteiger partial charge in [-0.25, -0.2) is 0 Å². The highest BCUT2D eigenvalue weighted by atomic mass is 35.5. The maximum atomic E-state index is 12.6. The number of hydrogen-bond acceptors (Lipinski definition) is 4. The highest BCUT2D eigenvalue weighted by molar-refractivity contribution is 5.94. The summed E-state index contributed by atoms with van der Waals surface area (Å²) < 4.78 is 11.3. The number of halogens is 1. The number of carbonyl (C=O) groups excluding carboxylic acids is 1. The molecule has 0 radical (unpaired) electrons. The van der Waals surface area contributed by atoms with Gasteiger partial charge >= 0.3 is 0 Å². The fourth-order valence-electron chi connectivity index (χ4n) is 2.24. The van der Waals surface area contributed by atoms with Gasteiger partial charge in [0.25, 0.3) is 5.91 Å². The number of benzene rings is 1. The Kier molecular flexibility index (Phi) is 9.78. The van der Waals surface area contributed by atoms with Crippen LogP contribution < -0.4 is 15.2 Å². The number of nitrogens with two attached hydrogens (primary N) is 1. The van der Waals surface area contributed by atoms with Crippen LogP contribution in [0.4, 0.5) is 0 Å². The van der Waals surface area contributed by atoms with Gasteiger partial charge < -0.3 is 20.1 Å². The van der Waals surface area contributed by atoms with Crippen molar-refractivity contribution in [3.05, 3.63) is 23.8 Å². The molecule has 0 unspecified atom stereocenters. The Morgan fingerprint density at radius 2 is 1.88 bits per heavy atom. The molecule has 2 N–H and O–H groups in total. The van der Waals surface area contributed by atoms with Gasteiger partial charge in [0, 0.05) is 19.2 Å². The van der Waals surface area contributed by atoms with Crippen LogP contribution in [0.1, 0.15) is 44.5 Å². The van der Waals surface area contributed by atoms with E-state index in [1.807, 2.05) is 27.7 Å². The minimum absolute atomic E-state index is 0. The molecule has 0 aliphatic rings. The lowest BCUT2D eigenvalue weighted by Gasteiger charge is -2.29. The van der Waals surface area contributed by atoms with Crippen LogP contribution >= 0.6 is 12.4 Å². The van der Waals surface area contributed by atoms with Gasteiger partial charge in [0.1, 0.15) is 0 Å². The third-order valence-corrected chi connectivity index (χ3v) is 3.52. The van der Waals surface area contributed by atoms with Crippen molar-refractivity contribution < 1.29 is 14.3 Å². The molecule has 1 rings (SSSR count). The maximum Gasteiger partial charge on any atom is 0.253 e. The molecule has 1 amide bonds. The highest BCUT2D eigenvalue weighted by Gasteiger charge is 2.22. The Morgan fingerprint density at radius 1 is 1.21 bits per heavy atom. The fourth-order valence-corrected chi connectivity index (χ4v) is 2.24. The molecule has 0 fully saturated rings. The van der Waals surface area contributed by atoms with E-state index in [2.05, 4.69) is 0 Å². The smallest absolute Gasteiger partial charge is 0.253 e. The van der Waals surface area contributed by atoms with E-state index in [1.54, 1.807) is 30.1 Å². The quantitative estimate of drug-likeness (QED) is 0.735. The second-order valence-electron chi connectivity index (χ2n) is 6.47. The molecule has 0 spiro atoms. The zero-order valence-electron chi connectivity index (χ0n) is 15.4. The normalized spacial score (nSPS) is 10.8. The summed E-state index contributed by atoms with van der Waals surface area (Å²) in [6, 6.07) is 5.33. The summed E-state index contributed by atoms with van der Waals surface area (Å²) in [4.78, 5) is 14.3. The Labute approximate surface area is 151 Å². The SMILES string of the molecule is CCCOc1ccc(C(=O)N(C)CC(C)(C)CN)cc1OCC.Cl. The van der Waals surface area contributed by atoms with E-state index in [9.17, 15) is 4.79 Å². The first-order valence-electron chi connectivity index (χ1n) is 8.19. The van der Waals surface area contributed by atoms with Crippen molar-refractivity contribution in [1.29, 1.82) is 0 Å². The number of nitrogens with zero attached hydrogens (tertiary/aromatic N) is 1. The van der Waals surface area contributed by atoms with Gasteiger partial charge in [-0.1, -0.05) is 20.8 Å². The van der Waals surface area contributed by atoms with Gasteiger partial charge in [0.15, 0.2) is 11.5 Å². The van der Waals surface area contributed by atoms with E-state index < -0.39 is 0 Å². The van der Waals surface area contributed by atoms with E-state index in [1.165, 1.54) is 0 Å². The molecule has 1 aromatic carbocycles. The summed E-state index contributed by atoms with van der Waals surface area (Å²) in [7, 11) is 1.79. The van der Waals surface area contributed by atoms with Crippen molar-refractivity contribution in [1.82, 2.24) is 4.90 Å². The molecule has 24 heavy (non-hydrogen) atoms. The lowest BCUT2D eigenvalue weighted by Crippen LogP contribution is -2.39. The van der Waals surface area contributed by atoms with Crippen LogP contribution in [0.2, 0.25) is 0 Å². The fraction of sp³-hybridized carbons (Fsp3) is 0.611. The summed E-state index contributed by atoms with van der Waals surface area (Å²) in [5.74, 6) is 1.24. The van der Waals surface area contributed by atoms with E-state index >= 15 is 0 Å². The summed E-state index contributed by atoms with van der Waals surface area (Å²) in [6.45, 7) is 10.3. The summed E-state index contributed by atoms with van der Waals surface area (Å²) in [5.41, 5.74) is 6.23. The first-order valence-corrected chi connectivity index (χ1v) is 8.19. The van der Waals surface area contributed by atoms with Gasteiger partial charge in [-0.15, -0.1) is 12.4 Å². The third-order valence-electron chi connectivity index (χ3n) is 3.52. The van der Waals surface area contributed by atoms with Gasteiger partial charge in [0.05, 0.1) is 13.2 Å². The summed E-state index contributed by atoms with van der Waals surface area (Å²) >= 11 is 0. The average Bonchev–Trinajstić information content (AvgIpc) is 2.52. The van der Waals surface area contributed by atoms with Gasteiger partial charge in [-0.3, -0.25) is 4.79 Å². The van der Waals surface area contributed by atoms with Crippen LogP contribution in [-0.2, 0) is 0 Å². The van der Waals surface area contributed by atoms with Crippen molar-refractivity contribution in [3.8, 4) is 11.5 Å². The first kappa shape index (κ1) is 22.5. The molecule has 1 aromatic rings. The molecule has 0 heterocycles. The largest absolute Gasteiger partial charge is 0.490 e. The minimum atomic E-state index is -0.114. The molecule has 0 bridgehead atoms. The van der Waals surface area contributed by atoms with Crippen LogP contribution in [-0.4, -0.2) is 44.2 Å². The molecule has 0 atom stereocenters. The van der Waals surface area contributed by atoms with Crippen molar-refractivity contribution in [2.75, 3.05) is 33.4 Å². The molecule has 5 nitrogen and oxygen atoms in total. The Balaban J connectivity index is 0.00000529. The van der Waals surface area contributed by atoms with Gasteiger partial charge in [0.2, 0.25) is 0 Å². The Bertz CT molecular complexity index is 521. The van der Waals surface area contributed by atoms with Crippen molar-refractivity contribution >= 4 is 18.3 Å². The van der Waals surface area contributed by atoms with E-state index in [-0.39, 0.29) is 23.7 Å². The third kappa shape index (κ3) is 6.57. The van der Waals surface area contributed by atoms with Crippen LogP contribution in [0, 0.1) is 5.41 Å². The van der Waals surface area contributed by atoms with E-state index in [4.69, 9.17) is 15.2 Å². The monoisotopic (exact) mass is 358 g/mol. The minimum Gasteiger partial charge on any atom is -0.490 e. The first-order chi connectivity index (χ1) is 10.8. The number of rotatable bonds is 9. The topological polar surface area (TPSA) is 64.8 Å². The standard InChI is InChI=1S/C18H30N2O3.ClH/c1-6-10-23-15-9-8-14(11-16(15)22-7-2)17(21)20(5)13-18(3,4)12-19;/h8-9,11H,6-7,10,12-13,19H2,1-5H3;1H. The zero-order chi connectivity index (χ0) is 17.5. The Morgan fingerprint density at radius 3 is 2.42 bits per heavy atom. The molecule has 0 saturated heterocycles. The van der Waals surface area contributed by atoms with Crippen LogP contribution in [0.15, 0.2) is 18.2 Å². The van der Waals surface area contributed by atoms with Crippen LogP contribution in [0.5, 0.6) is 11.5 Å². The molecular weight excluding hydrogens is 328 g/mol. The second kappa shape index (κ2) is 10.4. The number of carbonyl (C=O) groups is 1. The zero-order valence-corrected chi connectivity index (χ0v) is 16.2. The lowest BCUT2D eigenvalue weighted by molar-refractivity contribution is 0.0740. The van der Waals surface area contributed by atoms with Crippen LogP contribution in [0.3, 0.4) is 0 Å². The van der Waals surface area contributed by atoms with Crippen molar-refractivity contribution in [3.63, 3.8) is 0 Å². The Hall–Kier alpha value is -1.46. The number of ether oxygens (including phenoxy) is 2. The van der Waals surface area contributed by atoms with E-state index in [0.29, 0.717) is 43.4 Å². The molecule has 6 heteroatoms. The summed E-state index contributed by atoms with van der Waals surface area (Å²) in [6.07, 6.45) is 0.920. The molecule has 0 aromatic heterocycles. The molecular formula is C18H31ClN2O3. The van der Waals surface area contributed by atoms with Gasteiger partial charge in [-0.2, -0.15) is 0 Å². The maximum absolute atomic E-state index is 12.6. The molecule has 0 aliphatic heterocycles. The predicted octanol–water partition coefficient (Wildman–Crippen LogP) is 3.35. The molecule has 0 aliphatic carbocycles. The van der Waals surface area contributed by atoms with Crippen LogP contribution in [0.25, 0.3) is 0 Å². The average molecular weight is 359 g/mol. The highest BCUT2D eigenvalue weighted by Crippen LogP contribution is 2.29. The predicted molar refractivity (Wildman–Crippen MR) is 100 cm³/mol. The molecule has 138 valence electrons. The van der Waals surface area contributed by atoms with Crippen molar-refractivity contribution in [2.24, 2.45) is 11.1 Å². The summed E-state index contributed by atoms with van der Waals surface area (Å²) in [5, 5.41) is 0. The van der Waals surface area contributed by atoms with E-state index in [0.717, 1.165) is 6.42 Å². The number of amides is 1. The molecule has 0 saturated carbocycles.